The third kappa shape index (κ3) is 4.56. The van der Waals surface area contributed by atoms with Gasteiger partial charge in [0.25, 0.3) is 17.6 Å². The average molecular weight is 405 g/mol. The zero-order chi connectivity index (χ0) is 21.2. The van der Waals surface area contributed by atoms with E-state index in [1.165, 1.54) is 29.9 Å². The van der Waals surface area contributed by atoms with Crippen molar-refractivity contribution in [1.82, 2.24) is 9.88 Å². The number of ketones is 1. The van der Waals surface area contributed by atoms with Crippen molar-refractivity contribution in [3.8, 4) is 6.07 Å². The third-order valence-electron chi connectivity index (χ3n) is 3.62. The second-order valence-electron chi connectivity index (χ2n) is 7.11. The molecule has 7 nitrogen and oxygen atoms in total. The number of anilines is 1. The molecule has 146 valence electrons. The molecule has 0 aliphatic heterocycles. The Hall–Kier alpha value is -3.18. The maximum atomic E-state index is 13.4. The summed E-state index contributed by atoms with van der Waals surface area (Å²) >= 11 is 6.19. The Balaban J connectivity index is 2.30. The molecule has 1 aromatic carbocycles. The van der Waals surface area contributed by atoms with Gasteiger partial charge in [0.1, 0.15) is 17.6 Å². The fraction of sp³-hybridized carbons (Fsp3) is 0.263. The van der Waals surface area contributed by atoms with Gasteiger partial charge in [-0.25, -0.2) is 4.39 Å². The van der Waals surface area contributed by atoms with Crippen molar-refractivity contribution in [2.75, 3.05) is 5.32 Å². The van der Waals surface area contributed by atoms with Crippen molar-refractivity contribution >= 4 is 34.9 Å². The fourth-order valence-electron chi connectivity index (χ4n) is 2.41. The molecule has 0 spiro atoms. The first-order chi connectivity index (χ1) is 12.9. The molecule has 1 heterocycles. The quantitative estimate of drug-likeness (QED) is 0.603. The number of nitriles is 1. The number of nitrogens with zero attached hydrogens (tertiary/aromatic N) is 2. The standard InChI is InChI=1S/C19H18ClFN4O3/c1-19(2,3)24-18(28)16(26)12-9-25(4)15(14(12)20)17(27)23-11-5-6-13(21)10(7-11)8-22/h5-7,9H,1-4H3,(H,23,27)(H,24,28). The van der Waals surface area contributed by atoms with Gasteiger partial charge in [-0.2, -0.15) is 5.26 Å². The highest BCUT2D eigenvalue weighted by atomic mass is 35.5. The lowest BCUT2D eigenvalue weighted by Crippen LogP contribution is -2.44. The number of Topliss-reactive ketones (excluding diaryl/α,β-unsaturated/α-hetero) is 1. The number of hydrogen-bond donors (Lipinski definition) is 2. The molecule has 0 fully saturated rings. The minimum atomic E-state index is -0.872. The van der Waals surface area contributed by atoms with Gasteiger partial charge >= 0.3 is 0 Å². The number of carbonyl (C=O) groups is 3. The number of hydrogen-bond acceptors (Lipinski definition) is 4. The van der Waals surface area contributed by atoms with Crippen LogP contribution in [0.3, 0.4) is 0 Å². The Morgan fingerprint density at radius 2 is 1.89 bits per heavy atom. The zero-order valence-electron chi connectivity index (χ0n) is 15.7. The van der Waals surface area contributed by atoms with Crippen LogP contribution >= 0.6 is 11.6 Å². The van der Waals surface area contributed by atoms with Gasteiger partial charge in [-0.15, -0.1) is 0 Å². The first kappa shape index (κ1) is 21.1. The van der Waals surface area contributed by atoms with Crippen LogP contribution < -0.4 is 10.6 Å². The maximum Gasteiger partial charge on any atom is 0.292 e. The predicted octanol–water partition coefficient (Wildman–Crippen LogP) is 3.04. The van der Waals surface area contributed by atoms with Crippen LogP contribution in [0, 0.1) is 17.1 Å². The van der Waals surface area contributed by atoms with Crippen LogP contribution in [-0.4, -0.2) is 27.7 Å². The summed E-state index contributed by atoms with van der Waals surface area (Å²) in [6.07, 6.45) is 1.28. The molecule has 0 aliphatic rings. The molecule has 1 aromatic heterocycles. The Morgan fingerprint density at radius 3 is 2.46 bits per heavy atom. The van der Waals surface area contributed by atoms with E-state index in [1.807, 2.05) is 0 Å². The Morgan fingerprint density at radius 1 is 1.25 bits per heavy atom. The van der Waals surface area contributed by atoms with Gasteiger partial charge in [0.2, 0.25) is 0 Å². The van der Waals surface area contributed by atoms with Gasteiger partial charge in [-0.05, 0) is 39.0 Å². The van der Waals surface area contributed by atoms with Gasteiger partial charge in [-0.3, -0.25) is 14.4 Å². The summed E-state index contributed by atoms with van der Waals surface area (Å²) < 4.78 is 14.7. The van der Waals surface area contributed by atoms with E-state index in [0.717, 1.165) is 6.07 Å². The molecule has 0 saturated carbocycles. The summed E-state index contributed by atoms with van der Waals surface area (Å²) in [6.45, 7) is 5.17. The van der Waals surface area contributed by atoms with Crippen molar-refractivity contribution in [3.63, 3.8) is 0 Å². The van der Waals surface area contributed by atoms with Crippen molar-refractivity contribution in [2.45, 2.75) is 26.3 Å². The molecule has 0 unspecified atom stereocenters. The monoisotopic (exact) mass is 404 g/mol. The third-order valence-corrected chi connectivity index (χ3v) is 4.00. The van der Waals surface area contributed by atoms with E-state index in [-0.39, 0.29) is 27.5 Å². The molecule has 28 heavy (non-hydrogen) atoms. The number of benzene rings is 1. The van der Waals surface area contributed by atoms with Gasteiger partial charge in [0.15, 0.2) is 0 Å². The van der Waals surface area contributed by atoms with Crippen molar-refractivity contribution < 1.29 is 18.8 Å². The number of rotatable bonds is 4. The van der Waals surface area contributed by atoms with Crippen LogP contribution in [0.1, 0.15) is 47.2 Å². The largest absolute Gasteiger partial charge is 0.345 e. The molecule has 2 N–H and O–H groups in total. The number of aryl methyl sites for hydroxylation is 1. The second kappa shape index (κ2) is 7.82. The average Bonchev–Trinajstić information content (AvgIpc) is 2.88. The van der Waals surface area contributed by atoms with Crippen LogP contribution in [0.25, 0.3) is 0 Å². The van der Waals surface area contributed by atoms with E-state index in [4.69, 9.17) is 16.9 Å². The predicted molar refractivity (Wildman–Crippen MR) is 102 cm³/mol. The van der Waals surface area contributed by atoms with Crippen LogP contribution in [0.2, 0.25) is 5.02 Å². The lowest BCUT2D eigenvalue weighted by molar-refractivity contribution is -0.118. The van der Waals surface area contributed by atoms with Crippen LogP contribution in [-0.2, 0) is 11.8 Å². The SMILES string of the molecule is Cn1cc(C(=O)C(=O)NC(C)(C)C)c(Cl)c1C(=O)Nc1ccc(F)c(C#N)c1. The molecule has 0 aliphatic carbocycles. The van der Waals surface area contributed by atoms with Crippen molar-refractivity contribution in [1.29, 1.82) is 5.26 Å². The molecule has 2 aromatic rings. The van der Waals surface area contributed by atoms with Crippen LogP contribution in [0.15, 0.2) is 24.4 Å². The number of halogens is 2. The highest BCUT2D eigenvalue weighted by Crippen LogP contribution is 2.25. The molecule has 0 saturated heterocycles. The van der Waals surface area contributed by atoms with Crippen LogP contribution in [0.5, 0.6) is 0 Å². The number of amides is 2. The summed E-state index contributed by atoms with van der Waals surface area (Å²) in [5.41, 5.74) is -0.844. The highest BCUT2D eigenvalue weighted by Gasteiger charge is 2.28. The molecular weight excluding hydrogens is 387 g/mol. The van der Waals surface area contributed by atoms with Crippen LogP contribution in [0.4, 0.5) is 10.1 Å². The Labute approximate surface area is 166 Å². The van der Waals surface area contributed by atoms with E-state index < -0.39 is 29.0 Å². The molecular formula is C19H18ClFN4O3. The van der Waals surface area contributed by atoms with Crippen molar-refractivity contribution in [2.24, 2.45) is 7.05 Å². The van der Waals surface area contributed by atoms with E-state index in [0.29, 0.717) is 0 Å². The van der Waals surface area contributed by atoms with E-state index in [2.05, 4.69) is 10.6 Å². The minimum Gasteiger partial charge on any atom is -0.345 e. The van der Waals surface area contributed by atoms with E-state index >= 15 is 0 Å². The van der Waals surface area contributed by atoms with Crippen molar-refractivity contribution in [3.05, 3.63) is 52.1 Å². The lowest BCUT2D eigenvalue weighted by Gasteiger charge is -2.19. The Kier molecular flexibility index (Phi) is 5.90. The summed E-state index contributed by atoms with van der Waals surface area (Å²) in [5, 5.41) is 13.7. The lowest BCUT2D eigenvalue weighted by atomic mass is 10.1. The van der Waals surface area contributed by atoms with Gasteiger partial charge < -0.3 is 15.2 Å². The second-order valence-corrected chi connectivity index (χ2v) is 7.49. The molecule has 0 atom stereocenters. The van der Waals surface area contributed by atoms with Gasteiger partial charge in [0.05, 0.1) is 16.1 Å². The fourth-order valence-corrected chi connectivity index (χ4v) is 2.77. The number of carbonyl (C=O) groups excluding carboxylic acids is 3. The summed E-state index contributed by atoms with van der Waals surface area (Å²) in [6, 6.07) is 5.18. The summed E-state index contributed by atoms with van der Waals surface area (Å²) in [5.74, 6) is -3.11. The normalized spacial score (nSPS) is 10.9. The molecule has 0 bridgehead atoms. The molecule has 0 radical (unpaired) electrons. The topological polar surface area (TPSA) is 104 Å². The molecule has 2 amide bonds. The molecule has 9 heteroatoms. The number of aromatic nitrogens is 1. The molecule has 2 rings (SSSR count). The van der Waals surface area contributed by atoms with Gasteiger partial charge in [-0.1, -0.05) is 11.6 Å². The summed E-state index contributed by atoms with van der Waals surface area (Å²) in [4.78, 5) is 37.1. The first-order valence-electron chi connectivity index (χ1n) is 8.17. The Bertz CT molecular complexity index is 1020. The zero-order valence-corrected chi connectivity index (χ0v) is 16.4. The smallest absolute Gasteiger partial charge is 0.292 e. The van der Waals surface area contributed by atoms with Gasteiger partial charge in [0, 0.05) is 24.5 Å². The summed E-state index contributed by atoms with van der Waals surface area (Å²) in [7, 11) is 1.49. The number of nitrogens with one attached hydrogen (secondary N) is 2. The highest BCUT2D eigenvalue weighted by molar-refractivity contribution is 6.48. The maximum absolute atomic E-state index is 13.4. The van der Waals surface area contributed by atoms with E-state index in [9.17, 15) is 18.8 Å². The minimum absolute atomic E-state index is 0.0589. The first-order valence-corrected chi connectivity index (χ1v) is 8.55. The van der Waals surface area contributed by atoms with E-state index in [1.54, 1.807) is 26.8 Å².